The van der Waals surface area contributed by atoms with Crippen molar-refractivity contribution in [2.45, 2.75) is 19.4 Å². The molecule has 0 saturated heterocycles. The number of hydrogen-bond acceptors (Lipinski definition) is 5. The SMILES string of the molecule is CC(C)(NC(=O)CS(C)(=O)=O)C(N)=NO. The normalized spacial score (nSPS) is 13.7. The number of oxime groups is 1. The maximum Gasteiger partial charge on any atom is 0.235 e. The lowest BCUT2D eigenvalue weighted by atomic mass is 10.0. The molecular formula is C7H15N3O4S. The average Bonchev–Trinajstić information content (AvgIpc) is 1.97. The number of nitrogens with two attached hydrogens (primary N) is 1. The lowest BCUT2D eigenvalue weighted by molar-refractivity contribution is -0.119. The zero-order chi connectivity index (χ0) is 12.3. The van der Waals surface area contributed by atoms with Crippen LogP contribution in [0, 0.1) is 0 Å². The summed E-state index contributed by atoms with van der Waals surface area (Å²) >= 11 is 0. The molecule has 0 fully saturated rings. The van der Waals surface area contributed by atoms with Crippen molar-refractivity contribution in [3.05, 3.63) is 0 Å². The van der Waals surface area contributed by atoms with Gasteiger partial charge < -0.3 is 16.3 Å². The number of nitrogens with one attached hydrogen (secondary N) is 1. The molecule has 0 saturated carbocycles. The van der Waals surface area contributed by atoms with Gasteiger partial charge in [0, 0.05) is 6.26 Å². The van der Waals surface area contributed by atoms with Gasteiger partial charge in [0.05, 0.1) is 5.54 Å². The first kappa shape index (κ1) is 13.7. The highest BCUT2D eigenvalue weighted by atomic mass is 32.2. The molecule has 15 heavy (non-hydrogen) atoms. The summed E-state index contributed by atoms with van der Waals surface area (Å²) in [6.07, 6.45) is 0.947. The van der Waals surface area contributed by atoms with Crippen molar-refractivity contribution in [1.29, 1.82) is 0 Å². The third-order valence-corrected chi connectivity index (χ3v) is 2.38. The van der Waals surface area contributed by atoms with Crippen molar-refractivity contribution in [3.8, 4) is 0 Å². The van der Waals surface area contributed by atoms with Crippen molar-refractivity contribution in [3.63, 3.8) is 0 Å². The van der Waals surface area contributed by atoms with Gasteiger partial charge in [-0.15, -0.1) is 0 Å². The number of rotatable bonds is 4. The van der Waals surface area contributed by atoms with Gasteiger partial charge in [-0.3, -0.25) is 4.79 Å². The largest absolute Gasteiger partial charge is 0.409 e. The fourth-order valence-electron chi connectivity index (χ4n) is 0.812. The Balaban J connectivity index is 4.56. The molecule has 8 heteroatoms. The predicted molar refractivity (Wildman–Crippen MR) is 55.3 cm³/mol. The molecule has 0 bridgehead atoms. The molecule has 7 nitrogen and oxygen atoms in total. The number of amides is 1. The molecule has 0 aromatic carbocycles. The highest BCUT2D eigenvalue weighted by Crippen LogP contribution is 2.01. The van der Waals surface area contributed by atoms with E-state index in [1.54, 1.807) is 0 Å². The Morgan fingerprint density at radius 3 is 2.33 bits per heavy atom. The number of sulfone groups is 1. The number of amidine groups is 1. The molecule has 88 valence electrons. The zero-order valence-electron chi connectivity index (χ0n) is 8.81. The van der Waals surface area contributed by atoms with Gasteiger partial charge in [0.2, 0.25) is 5.91 Å². The maximum atomic E-state index is 11.2. The number of hydrogen-bond donors (Lipinski definition) is 3. The van der Waals surface area contributed by atoms with Gasteiger partial charge in [-0.2, -0.15) is 0 Å². The molecule has 0 radical (unpaired) electrons. The molecule has 0 atom stereocenters. The number of nitrogens with zero attached hydrogens (tertiary/aromatic N) is 1. The first-order valence-electron chi connectivity index (χ1n) is 4.05. The van der Waals surface area contributed by atoms with Crippen LogP contribution in [0.1, 0.15) is 13.8 Å². The van der Waals surface area contributed by atoms with Crippen LogP contribution in [0.25, 0.3) is 0 Å². The van der Waals surface area contributed by atoms with E-state index >= 15 is 0 Å². The highest BCUT2D eigenvalue weighted by Gasteiger charge is 2.26. The standard InChI is InChI=1S/C7H15N3O4S/c1-7(2,6(8)10-12)9-5(11)4-15(3,13)14/h12H,4H2,1-3H3,(H2,8,10)(H,9,11). The Morgan fingerprint density at radius 2 is 2.00 bits per heavy atom. The summed E-state index contributed by atoms with van der Waals surface area (Å²) in [4.78, 5) is 11.2. The monoisotopic (exact) mass is 237 g/mol. The lowest BCUT2D eigenvalue weighted by Gasteiger charge is -2.24. The number of carbonyl (C=O) groups excluding carboxylic acids is 1. The smallest absolute Gasteiger partial charge is 0.235 e. The summed E-state index contributed by atoms with van der Waals surface area (Å²) in [6.45, 7) is 2.98. The quantitative estimate of drug-likeness (QED) is 0.242. The summed E-state index contributed by atoms with van der Waals surface area (Å²) in [5.41, 5.74) is 4.21. The summed E-state index contributed by atoms with van der Waals surface area (Å²) in [7, 11) is -3.38. The average molecular weight is 237 g/mol. The minimum atomic E-state index is -3.38. The van der Waals surface area contributed by atoms with Crippen molar-refractivity contribution in [2.24, 2.45) is 10.9 Å². The Bertz CT molecular complexity index is 372. The van der Waals surface area contributed by atoms with E-state index in [-0.39, 0.29) is 5.84 Å². The molecule has 0 aromatic rings. The second kappa shape index (κ2) is 4.47. The third kappa shape index (κ3) is 5.21. The molecule has 0 heterocycles. The van der Waals surface area contributed by atoms with E-state index in [0.29, 0.717) is 0 Å². The van der Waals surface area contributed by atoms with Gasteiger partial charge in [0.1, 0.15) is 5.75 Å². The topological polar surface area (TPSA) is 122 Å². The van der Waals surface area contributed by atoms with Crippen LogP contribution in [0.4, 0.5) is 0 Å². The van der Waals surface area contributed by atoms with Crippen LogP contribution in [0.2, 0.25) is 0 Å². The van der Waals surface area contributed by atoms with E-state index in [2.05, 4.69) is 10.5 Å². The fraction of sp³-hybridized carbons (Fsp3) is 0.714. The minimum absolute atomic E-state index is 0.204. The maximum absolute atomic E-state index is 11.2. The van der Waals surface area contributed by atoms with E-state index in [4.69, 9.17) is 10.9 Å². The van der Waals surface area contributed by atoms with E-state index in [1.165, 1.54) is 13.8 Å². The highest BCUT2D eigenvalue weighted by molar-refractivity contribution is 7.91. The van der Waals surface area contributed by atoms with Gasteiger partial charge in [-0.1, -0.05) is 5.16 Å². The molecule has 1 amide bonds. The van der Waals surface area contributed by atoms with E-state index in [1.807, 2.05) is 0 Å². The molecule has 0 unspecified atom stereocenters. The lowest BCUT2D eigenvalue weighted by Crippen LogP contribution is -2.54. The molecule has 0 aliphatic carbocycles. The first-order chi connectivity index (χ1) is 6.58. The van der Waals surface area contributed by atoms with Crippen molar-refractivity contribution < 1.29 is 18.4 Å². The van der Waals surface area contributed by atoms with Gasteiger partial charge in [0.25, 0.3) is 0 Å². The summed E-state index contributed by atoms with van der Waals surface area (Å²) in [5.74, 6) is -1.53. The van der Waals surface area contributed by atoms with Gasteiger partial charge in [-0.05, 0) is 13.8 Å². The Hall–Kier alpha value is -1.31. The van der Waals surface area contributed by atoms with Gasteiger partial charge in [0.15, 0.2) is 15.7 Å². The summed E-state index contributed by atoms with van der Waals surface area (Å²) < 4.78 is 21.6. The van der Waals surface area contributed by atoms with Crippen molar-refractivity contribution in [2.75, 3.05) is 12.0 Å². The van der Waals surface area contributed by atoms with Gasteiger partial charge in [-0.25, -0.2) is 8.42 Å². The van der Waals surface area contributed by atoms with Crippen LogP contribution in [0.3, 0.4) is 0 Å². The minimum Gasteiger partial charge on any atom is -0.409 e. The summed E-state index contributed by atoms with van der Waals surface area (Å²) in [6, 6.07) is 0. The van der Waals surface area contributed by atoms with Crippen LogP contribution in [0.5, 0.6) is 0 Å². The Morgan fingerprint density at radius 1 is 1.53 bits per heavy atom. The van der Waals surface area contributed by atoms with Crippen LogP contribution >= 0.6 is 0 Å². The van der Waals surface area contributed by atoms with Crippen molar-refractivity contribution >= 4 is 21.6 Å². The van der Waals surface area contributed by atoms with Crippen LogP contribution in [0.15, 0.2) is 5.16 Å². The van der Waals surface area contributed by atoms with Crippen LogP contribution < -0.4 is 11.1 Å². The molecule has 0 aromatic heterocycles. The Kier molecular flexibility index (Phi) is 4.08. The second-order valence-electron chi connectivity index (χ2n) is 3.73. The number of carbonyl (C=O) groups is 1. The van der Waals surface area contributed by atoms with E-state index < -0.39 is 27.0 Å². The third-order valence-electron chi connectivity index (χ3n) is 1.59. The van der Waals surface area contributed by atoms with Gasteiger partial charge >= 0.3 is 0 Å². The predicted octanol–water partition coefficient (Wildman–Crippen LogP) is -1.33. The molecule has 4 N–H and O–H groups in total. The van der Waals surface area contributed by atoms with Crippen LogP contribution in [-0.2, 0) is 14.6 Å². The molecule has 0 aliphatic rings. The summed E-state index contributed by atoms with van der Waals surface area (Å²) in [5, 5.41) is 13.5. The van der Waals surface area contributed by atoms with E-state index in [0.717, 1.165) is 6.26 Å². The Labute approximate surface area is 88.2 Å². The molecule has 0 aliphatic heterocycles. The van der Waals surface area contributed by atoms with E-state index in [9.17, 15) is 13.2 Å². The zero-order valence-corrected chi connectivity index (χ0v) is 9.63. The molecule has 0 spiro atoms. The van der Waals surface area contributed by atoms with Crippen molar-refractivity contribution in [1.82, 2.24) is 5.32 Å². The second-order valence-corrected chi connectivity index (χ2v) is 5.87. The van der Waals surface area contributed by atoms with Crippen LogP contribution in [-0.4, -0.2) is 42.9 Å². The molecule has 0 rings (SSSR count). The fourth-order valence-corrected chi connectivity index (χ4v) is 1.36. The first-order valence-corrected chi connectivity index (χ1v) is 6.11. The molecular weight excluding hydrogens is 222 g/mol.